The van der Waals surface area contributed by atoms with Gasteiger partial charge in [0.1, 0.15) is 4.99 Å². The van der Waals surface area contributed by atoms with Crippen LogP contribution in [0.4, 0.5) is 5.69 Å². The topological polar surface area (TPSA) is 42.1 Å². The highest BCUT2D eigenvalue weighted by atomic mass is 32.1. The number of aromatic nitrogens is 1. The van der Waals surface area contributed by atoms with Gasteiger partial charge in [-0.05, 0) is 25.0 Å². The standard InChI is InChI=1S/C12H19N3S/c1-4-15(8-9(2)3)10-5-6-11(12(13)16)14-7-10/h5-7,9H,4,8H2,1-3H3,(H2,13,16). The third kappa shape index (κ3) is 3.45. The molecule has 0 aromatic carbocycles. The molecule has 0 saturated carbocycles. The van der Waals surface area contributed by atoms with Gasteiger partial charge in [0, 0.05) is 13.1 Å². The van der Waals surface area contributed by atoms with Gasteiger partial charge in [0.15, 0.2) is 0 Å². The summed E-state index contributed by atoms with van der Waals surface area (Å²) < 4.78 is 0. The van der Waals surface area contributed by atoms with Crippen molar-refractivity contribution >= 4 is 22.9 Å². The molecule has 0 spiro atoms. The summed E-state index contributed by atoms with van der Waals surface area (Å²) in [5, 5.41) is 0. The van der Waals surface area contributed by atoms with E-state index in [0.29, 0.717) is 16.6 Å². The van der Waals surface area contributed by atoms with Crippen molar-refractivity contribution in [3.8, 4) is 0 Å². The van der Waals surface area contributed by atoms with E-state index >= 15 is 0 Å². The van der Waals surface area contributed by atoms with E-state index in [2.05, 4.69) is 30.7 Å². The van der Waals surface area contributed by atoms with Crippen molar-refractivity contribution in [3.63, 3.8) is 0 Å². The molecule has 0 aliphatic rings. The first-order valence-electron chi connectivity index (χ1n) is 5.55. The molecule has 0 aliphatic heterocycles. The maximum absolute atomic E-state index is 5.51. The van der Waals surface area contributed by atoms with Crippen LogP contribution in [0.5, 0.6) is 0 Å². The zero-order valence-electron chi connectivity index (χ0n) is 10.1. The molecule has 0 aliphatic carbocycles. The van der Waals surface area contributed by atoms with Crippen LogP contribution >= 0.6 is 12.2 Å². The number of hydrogen-bond donors (Lipinski definition) is 1. The number of hydrogen-bond acceptors (Lipinski definition) is 3. The second kappa shape index (κ2) is 5.80. The molecule has 1 heterocycles. The molecular weight excluding hydrogens is 218 g/mol. The van der Waals surface area contributed by atoms with Crippen molar-refractivity contribution in [1.29, 1.82) is 0 Å². The first-order chi connectivity index (χ1) is 7.54. The molecule has 3 nitrogen and oxygen atoms in total. The largest absolute Gasteiger partial charge is 0.388 e. The normalized spacial score (nSPS) is 10.5. The number of rotatable bonds is 5. The first kappa shape index (κ1) is 12.9. The first-order valence-corrected chi connectivity index (χ1v) is 5.96. The molecule has 88 valence electrons. The molecule has 1 rings (SSSR count). The van der Waals surface area contributed by atoms with E-state index in [-0.39, 0.29) is 0 Å². The molecule has 1 aromatic rings. The van der Waals surface area contributed by atoms with Crippen LogP contribution in [0.2, 0.25) is 0 Å². The molecule has 16 heavy (non-hydrogen) atoms. The van der Waals surface area contributed by atoms with Gasteiger partial charge in [0.2, 0.25) is 0 Å². The monoisotopic (exact) mass is 237 g/mol. The van der Waals surface area contributed by atoms with Gasteiger partial charge in [-0.15, -0.1) is 0 Å². The SMILES string of the molecule is CCN(CC(C)C)c1ccc(C(N)=S)nc1. The summed E-state index contributed by atoms with van der Waals surface area (Å²) >= 11 is 4.87. The van der Waals surface area contributed by atoms with Crippen LogP contribution in [0, 0.1) is 5.92 Å². The lowest BCUT2D eigenvalue weighted by atomic mass is 10.2. The summed E-state index contributed by atoms with van der Waals surface area (Å²) in [7, 11) is 0. The maximum atomic E-state index is 5.51. The molecule has 0 atom stereocenters. The average molecular weight is 237 g/mol. The Balaban J connectivity index is 2.82. The second-order valence-electron chi connectivity index (χ2n) is 4.20. The molecule has 0 amide bonds. The molecule has 2 N–H and O–H groups in total. The lowest BCUT2D eigenvalue weighted by Crippen LogP contribution is -2.27. The highest BCUT2D eigenvalue weighted by molar-refractivity contribution is 7.80. The highest BCUT2D eigenvalue weighted by Gasteiger charge is 2.07. The lowest BCUT2D eigenvalue weighted by Gasteiger charge is -2.24. The van der Waals surface area contributed by atoms with Crippen molar-refractivity contribution in [2.24, 2.45) is 11.7 Å². The van der Waals surface area contributed by atoms with E-state index in [1.54, 1.807) is 0 Å². The molecule has 0 fully saturated rings. The number of nitrogens with two attached hydrogens (primary N) is 1. The minimum Gasteiger partial charge on any atom is -0.388 e. The van der Waals surface area contributed by atoms with E-state index in [4.69, 9.17) is 18.0 Å². The van der Waals surface area contributed by atoms with E-state index in [9.17, 15) is 0 Å². The second-order valence-corrected chi connectivity index (χ2v) is 4.64. The van der Waals surface area contributed by atoms with Crippen LogP contribution in [-0.4, -0.2) is 23.1 Å². The van der Waals surface area contributed by atoms with Crippen molar-refractivity contribution < 1.29 is 0 Å². The van der Waals surface area contributed by atoms with Gasteiger partial charge in [-0.25, -0.2) is 0 Å². The van der Waals surface area contributed by atoms with E-state index in [1.807, 2.05) is 18.3 Å². The van der Waals surface area contributed by atoms with Crippen LogP contribution in [0.1, 0.15) is 26.5 Å². The van der Waals surface area contributed by atoms with Crippen molar-refractivity contribution in [1.82, 2.24) is 4.98 Å². The Kier molecular flexibility index (Phi) is 4.68. The molecule has 0 saturated heterocycles. The Morgan fingerprint density at radius 1 is 1.50 bits per heavy atom. The van der Waals surface area contributed by atoms with Gasteiger partial charge in [0.25, 0.3) is 0 Å². The predicted octanol–water partition coefficient (Wildman–Crippen LogP) is 2.20. The number of pyridine rings is 1. The Bertz CT molecular complexity index is 346. The zero-order chi connectivity index (χ0) is 12.1. The molecule has 0 unspecified atom stereocenters. The molecule has 4 heteroatoms. The minimum absolute atomic E-state index is 0.346. The third-order valence-electron chi connectivity index (χ3n) is 2.33. The van der Waals surface area contributed by atoms with Gasteiger partial charge in [0.05, 0.1) is 17.6 Å². The van der Waals surface area contributed by atoms with Crippen molar-refractivity contribution in [3.05, 3.63) is 24.0 Å². The minimum atomic E-state index is 0.346. The summed E-state index contributed by atoms with van der Waals surface area (Å²) in [5.74, 6) is 0.634. The predicted molar refractivity (Wildman–Crippen MR) is 72.8 cm³/mol. The van der Waals surface area contributed by atoms with Crippen LogP contribution < -0.4 is 10.6 Å². The summed E-state index contributed by atoms with van der Waals surface area (Å²) in [6, 6.07) is 3.90. The Morgan fingerprint density at radius 3 is 2.56 bits per heavy atom. The fraction of sp³-hybridized carbons (Fsp3) is 0.500. The van der Waals surface area contributed by atoms with Gasteiger partial charge < -0.3 is 10.6 Å². The summed E-state index contributed by atoms with van der Waals surface area (Å²) in [5.41, 5.74) is 7.31. The molecule has 1 aromatic heterocycles. The van der Waals surface area contributed by atoms with Crippen molar-refractivity contribution in [2.75, 3.05) is 18.0 Å². The summed E-state index contributed by atoms with van der Waals surface area (Å²) in [6.07, 6.45) is 1.83. The number of thiocarbonyl (C=S) groups is 1. The van der Waals surface area contributed by atoms with E-state index in [0.717, 1.165) is 18.8 Å². The number of anilines is 1. The van der Waals surface area contributed by atoms with Crippen LogP contribution in [-0.2, 0) is 0 Å². The Morgan fingerprint density at radius 2 is 2.19 bits per heavy atom. The van der Waals surface area contributed by atoms with Crippen LogP contribution in [0.15, 0.2) is 18.3 Å². The van der Waals surface area contributed by atoms with Gasteiger partial charge >= 0.3 is 0 Å². The Hall–Kier alpha value is -1.16. The number of nitrogens with zero attached hydrogens (tertiary/aromatic N) is 2. The fourth-order valence-corrected chi connectivity index (χ4v) is 1.70. The van der Waals surface area contributed by atoms with Gasteiger partial charge in [-0.3, -0.25) is 4.98 Å². The van der Waals surface area contributed by atoms with Gasteiger partial charge in [-0.2, -0.15) is 0 Å². The average Bonchev–Trinajstić information content (AvgIpc) is 2.25. The van der Waals surface area contributed by atoms with Crippen molar-refractivity contribution in [2.45, 2.75) is 20.8 Å². The van der Waals surface area contributed by atoms with Crippen LogP contribution in [0.25, 0.3) is 0 Å². The Labute approximate surface area is 103 Å². The van der Waals surface area contributed by atoms with Gasteiger partial charge in [-0.1, -0.05) is 26.1 Å². The third-order valence-corrected chi connectivity index (χ3v) is 2.54. The molecular formula is C12H19N3S. The van der Waals surface area contributed by atoms with E-state index < -0.39 is 0 Å². The smallest absolute Gasteiger partial charge is 0.122 e. The molecule has 0 radical (unpaired) electrons. The van der Waals surface area contributed by atoms with Crippen LogP contribution in [0.3, 0.4) is 0 Å². The quantitative estimate of drug-likeness (QED) is 0.797. The molecule has 0 bridgehead atoms. The fourth-order valence-electron chi connectivity index (χ4n) is 1.58. The summed E-state index contributed by atoms with van der Waals surface area (Å²) in [4.78, 5) is 6.88. The highest BCUT2D eigenvalue weighted by Crippen LogP contribution is 2.14. The zero-order valence-corrected chi connectivity index (χ0v) is 10.9. The lowest BCUT2D eigenvalue weighted by molar-refractivity contribution is 0.618. The maximum Gasteiger partial charge on any atom is 0.122 e. The summed E-state index contributed by atoms with van der Waals surface area (Å²) in [6.45, 7) is 8.57. The van der Waals surface area contributed by atoms with E-state index in [1.165, 1.54) is 0 Å².